The summed E-state index contributed by atoms with van der Waals surface area (Å²) in [6.45, 7) is 5.46. The van der Waals surface area contributed by atoms with E-state index in [1.54, 1.807) is 51.2 Å². The molecule has 0 saturated carbocycles. The first-order valence-electron chi connectivity index (χ1n) is 14.4. The fraction of sp³-hybridized carbons (Fsp3) is 0.250. The Morgan fingerprint density at radius 3 is 2.02 bits per heavy atom. The van der Waals surface area contributed by atoms with E-state index in [1.165, 1.54) is 18.3 Å². The number of hydrogen-bond acceptors (Lipinski definition) is 11. The van der Waals surface area contributed by atoms with Gasteiger partial charge in [0.1, 0.15) is 5.60 Å². The molecule has 46 heavy (non-hydrogen) atoms. The molecule has 4 rings (SSSR count). The molecule has 14 nitrogen and oxygen atoms in total. The molecule has 0 aliphatic rings. The van der Waals surface area contributed by atoms with Gasteiger partial charge in [-0.25, -0.2) is 19.6 Å². The fourth-order valence-corrected chi connectivity index (χ4v) is 4.10. The van der Waals surface area contributed by atoms with Crippen molar-refractivity contribution in [3.05, 3.63) is 106 Å². The summed E-state index contributed by atoms with van der Waals surface area (Å²) >= 11 is 0. The summed E-state index contributed by atoms with van der Waals surface area (Å²) in [5.74, 6) is 0.688. The number of benzene rings is 2. The number of rotatable bonds is 11. The van der Waals surface area contributed by atoms with Crippen LogP contribution < -0.4 is 21.7 Å². The van der Waals surface area contributed by atoms with Crippen molar-refractivity contribution in [2.45, 2.75) is 39.2 Å². The summed E-state index contributed by atoms with van der Waals surface area (Å²) in [4.78, 5) is 49.8. The molecule has 2 amide bonds. The van der Waals surface area contributed by atoms with Crippen LogP contribution in [0.15, 0.2) is 85.2 Å². The standard InChI is InChI=1S/C32H36N8O6/c1-32(2,3)45-31(42)39(21-17-23-10-14-24(15-11-23)37-28-26(33)6-4-18-34-28)46-30(41)36-20-16-22-8-12-25(13-9-22)38-29-27(40(43)44)7-5-19-35-29/h4-15,18-19H,16-17,20-21,33H2,1-3H3,(H,34,37)(H,35,38)(H,36,41). The minimum atomic E-state index is -0.806. The van der Waals surface area contributed by atoms with E-state index in [2.05, 4.69) is 25.9 Å². The van der Waals surface area contributed by atoms with Crippen molar-refractivity contribution in [2.75, 3.05) is 29.5 Å². The normalized spacial score (nSPS) is 10.8. The van der Waals surface area contributed by atoms with Crippen LogP contribution in [0, 0.1) is 10.1 Å². The molecule has 0 aliphatic heterocycles. The van der Waals surface area contributed by atoms with Gasteiger partial charge in [-0.05, 0) is 87.2 Å². The highest BCUT2D eigenvalue weighted by atomic mass is 16.8. The molecule has 0 fully saturated rings. The molecular formula is C32H36N8O6. The minimum absolute atomic E-state index is 0.0607. The van der Waals surface area contributed by atoms with Gasteiger partial charge in [0.2, 0.25) is 5.82 Å². The van der Waals surface area contributed by atoms with Gasteiger partial charge in [0.15, 0.2) is 5.82 Å². The maximum atomic E-state index is 12.8. The molecule has 0 unspecified atom stereocenters. The second-order valence-corrected chi connectivity index (χ2v) is 11.1. The lowest BCUT2D eigenvalue weighted by molar-refractivity contribution is -0.384. The lowest BCUT2D eigenvalue weighted by Gasteiger charge is -2.26. The predicted octanol–water partition coefficient (Wildman–Crippen LogP) is 6.12. The van der Waals surface area contributed by atoms with Crippen LogP contribution in [0.4, 0.5) is 44.0 Å². The SMILES string of the molecule is CC(C)(C)OC(=O)N(CCc1ccc(Nc2ncccc2N)cc1)OC(=O)NCCc1ccc(Nc2ncccc2[N+](=O)[O-])cc1. The van der Waals surface area contributed by atoms with Crippen LogP contribution in [0.25, 0.3) is 0 Å². The Bertz CT molecular complexity index is 1640. The number of aromatic nitrogens is 2. The quantitative estimate of drug-likeness (QED) is 0.111. The number of nitrogen functional groups attached to an aromatic ring is 1. The molecule has 2 heterocycles. The maximum absolute atomic E-state index is 12.8. The molecule has 0 spiro atoms. The Kier molecular flexibility index (Phi) is 10.9. The smallest absolute Gasteiger partial charge is 0.442 e. The second kappa shape index (κ2) is 15.2. The van der Waals surface area contributed by atoms with E-state index in [0.29, 0.717) is 30.0 Å². The number of nitrogens with two attached hydrogens (primary N) is 1. The van der Waals surface area contributed by atoms with Crippen LogP contribution in [0.2, 0.25) is 0 Å². The van der Waals surface area contributed by atoms with Crippen molar-refractivity contribution in [1.82, 2.24) is 20.3 Å². The molecule has 4 aromatic rings. The first-order valence-corrected chi connectivity index (χ1v) is 14.4. The molecule has 0 bridgehead atoms. The van der Waals surface area contributed by atoms with Crippen LogP contribution in [-0.2, 0) is 22.4 Å². The minimum Gasteiger partial charge on any atom is -0.442 e. The summed E-state index contributed by atoms with van der Waals surface area (Å²) < 4.78 is 5.44. The third-order valence-electron chi connectivity index (χ3n) is 6.33. The third-order valence-corrected chi connectivity index (χ3v) is 6.33. The molecule has 2 aromatic carbocycles. The molecular weight excluding hydrogens is 592 g/mol. The van der Waals surface area contributed by atoms with E-state index in [1.807, 2.05) is 36.4 Å². The Morgan fingerprint density at radius 2 is 1.43 bits per heavy atom. The highest BCUT2D eigenvalue weighted by Gasteiger charge is 2.25. The van der Waals surface area contributed by atoms with Crippen molar-refractivity contribution >= 4 is 46.6 Å². The number of carbonyl (C=O) groups excluding carboxylic acids is 2. The molecule has 5 N–H and O–H groups in total. The zero-order valence-corrected chi connectivity index (χ0v) is 25.7. The number of nitrogens with zero attached hydrogens (tertiary/aromatic N) is 4. The van der Waals surface area contributed by atoms with E-state index in [-0.39, 0.29) is 24.6 Å². The topological polar surface area (TPSA) is 187 Å². The lowest BCUT2D eigenvalue weighted by Crippen LogP contribution is -2.42. The summed E-state index contributed by atoms with van der Waals surface area (Å²) in [6, 6.07) is 21.0. The highest BCUT2D eigenvalue weighted by molar-refractivity contribution is 5.72. The fourth-order valence-electron chi connectivity index (χ4n) is 4.10. The van der Waals surface area contributed by atoms with E-state index >= 15 is 0 Å². The van der Waals surface area contributed by atoms with Crippen molar-refractivity contribution in [3.63, 3.8) is 0 Å². The predicted molar refractivity (Wildman–Crippen MR) is 174 cm³/mol. The van der Waals surface area contributed by atoms with Crippen molar-refractivity contribution in [2.24, 2.45) is 0 Å². The van der Waals surface area contributed by atoms with E-state index in [0.717, 1.165) is 21.9 Å². The number of hydroxylamine groups is 2. The number of anilines is 5. The number of nitro groups is 1. The van der Waals surface area contributed by atoms with Gasteiger partial charge in [0.05, 0.1) is 17.2 Å². The monoisotopic (exact) mass is 628 g/mol. The summed E-state index contributed by atoms with van der Waals surface area (Å²) in [5, 5.41) is 20.9. The Labute approximate surface area is 266 Å². The zero-order chi connectivity index (χ0) is 33.1. The molecule has 0 aliphatic carbocycles. The van der Waals surface area contributed by atoms with Gasteiger partial charge < -0.3 is 31.3 Å². The molecule has 0 saturated heterocycles. The number of carbonyl (C=O) groups is 2. The van der Waals surface area contributed by atoms with Crippen LogP contribution in [0.3, 0.4) is 0 Å². The lowest BCUT2D eigenvalue weighted by atomic mass is 10.1. The van der Waals surface area contributed by atoms with Gasteiger partial charge in [-0.1, -0.05) is 24.3 Å². The number of pyridine rings is 2. The van der Waals surface area contributed by atoms with Crippen LogP contribution in [-0.4, -0.2) is 50.8 Å². The van der Waals surface area contributed by atoms with Crippen LogP contribution in [0.5, 0.6) is 0 Å². The molecule has 14 heteroatoms. The first-order chi connectivity index (χ1) is 22.0. The highest BCUT2D eigenvalue weighted by Crippen LogP contribution is 2.25. The third kappa shape index (κ3) is 10.1. The van der Waals surface area contributed by atoms with Crippen molar-refractivity contribution in [3.8, 4) is 0 Å². The van der Waals surface area contributed by atoms with E-state index in [4.69, 9.17) is 15.3 Å². The van der Waals surface area contributed by atoms with Gasteiger partial charge in [0.25, 0.3) is 0 Å². The Hall–Kier alpha value is -5.92. The number of ether oxygens (including phenoxy) is 1. The average molecular weight is 629 g/mol. The van der Waals surface area contributed by atoms with E-state index in [9.17, 15) is 19.7 Å². The maximum Gasteiger partial charge on any atom is 0.443 e. The van der Waals surface area contributed by atoms with Gasteiger partial charge in [-0.2, -0.15) is 0 Å². The molecule has 2 aromatic heterocycles. The number of amides is 2. The second-order valence-electron chi connectivity index (χ2n) is 11.1. The largest absolute Gasteiger partial charge is 0.443 e. The zero-order valence-electron chi connectivity index (χ0n) is 25.7. The molecule has 0 atom stereocenters. The summed E-state index contributed by atoms with van der Waals surface area (Å²) in [7, 11) is 0. The van der Waals surface area contributed by atoms with Gasteiger partial charge >= 0.3 is 17.9 Å². The number of hydrogen-bond donors (Lipinski definition) is 4. The van der Waals surface area contributed by atoms with Crippen molar-refractivity contribution in [1.29, 1.82) is 0 Å². The van der Waals surface area contributed by atoms with Crippen molar-refractivity contribution < 1.29 is 24.1 Å². The van der Waals surface area contributed by atoms with Gasteiger partial charge in [0, 0.05) is 36.4 Å². The summed E-state index contributed by atoms with van der Waals surface area (Å²) in [5.41, 5.74) is 8.75. The van der Waals surface area contributed by atoms with Gasteiger partial charge in [-0.3, -0.25) is 10.1 Å². The van der Waals surface area contributed by atoms with Crippen LogP contribution >= 0.6 is 0 Å². The molecule has 240 valence electrons. The van der Waals surface area contributed by atoms with Crippen LogP contribution in [0.1, 0.15) is 31.9 Å². The average Bonchev–Trinajstić information content (AvgIpc) is 3.01. The Balaban J connectivity index is 1.28. The van der Waals surface area contributed by atoms with Gasteiger partial charge in [-0.15, -0.1) is 5.06 Å². The molecule has 0 radical (unpaired) electrons. The summed E-state index contributed by atoms with van der Waals surface area (Å²) in [6.07, 6.45) is 2.38. The first kappa shape index (κ1) is 33.0. The Morgan fingerprint density at radius 1 is 0.870 bits per heavy atom. The number of nitrogens with one attached hydrogen (secondary N) is 3. The van der Waals surface area contributed by atoms with E-state index < -0.39 is 22.7 Å².